The Bertz CT molecular complexity index is 551. The molecule has 1 heterocycles. The van der Waals surface area contributed by atoms with Crippen molar-refractivity contribution in [1.82, 2.24) is 4.98 Å². The van der Waals surface area contributed by atoms with Crippen LogP contribution in [0.3, 0.4) is 0 Å². The Morgan fingerprint density at radius 2 is 2.00 bits per heavy atom. The fraction of sp³-hybridized carbons (Fsp3) is 0.100. The summed E-state index contributed by atoms with van der Waals surface area (Å²) in [6.45, 7) is 0. The molecule has 0 aliphatic rings. The molecular formula is C10H6ClF3N2O. The molecule has 0 bridgehead atoms. The molecule has 1 aromatic carbocycles. The number of nitrogens with two attached hydrogens (primary N) is 1. The first-order valence-electron chi connectivity index (χ1n) is 4.46. The van der Waals surface area contributed by atoms with Crippen LogP contribution in [0, 0.1) is 0 Å². The molecule has 17 heavy (non-hydrogen) atoms. The van der Waals surface area contributed by atoms with Gasteiger partial charge in [-0.25, -0.2) is 4.98 Å². The van der Waals surface area contributed by atoms with Gasteiger partial charge in [-0.2, -0.15) is 13.2 Å². The second-order valence-electron chi connectivity index (χ2n) is 3.26. The molecule has 0 amide bonds. The van der Waals surface area contributed by atoms with E-state index in [-0.39, 0.29) is 22.4 Å². The summed E-state index contributed by atoms with van der Waals surface area (Å²) in [5.74, 6) is 0.0959. The van der Waals surface area contributed by atoms with Crippen molar-refractivity contribution in [3.63, 3.8) is 0 Å². The van der Waals surface area contributed by atoms with E-state index in [2.05, 4.69) is 4.98 Å². The van der Waals surface area contributed by atoms with Crippen molar-refractivity contribution in [2.45, 2.75) is 6.18 Å². The third-order valence-corrected chi connectivity index (χ3v) is 2.41. The summed E-state index contributed by atoms with van der Waals surface area (Å²) < 4.78 is 42.5. The molecule has 0 unspecified atom stereocenters. The second-order valence-corrected chi connectivity index (χ2v) is 3.66. The minimum absolute atomic E-state index is 0.0959. The van der Waals surface area contributed by atoms with E-state index in [1.807, 2.05) is 0 Å². The van der Waals surface area contributed by atoms with Crippen LogP contribution >= 0.6 is 11.6 Å². The molecule has 0 atom stereocenters. The average Bonchev–Trinajstić information content (AvgIpc) is 2.63. The third kappa shape index (κ3) is 2.36. The van der Waals surface area contributed by atoms with Gasteiger partial charge in [-0.15, -0.1) is 0 Å². The quantitative estimate of drug-likeness (QED) is 0.854. The van der Waals surface area contributed by atoms with Gasteiger partial charge in [0.15, 0.2) is 5.76 Å². The van der Waals surface area contributed by atoms with Crippen LogP contribution in [0.5, 0.6) is 0 Å². The van der Waals surface area contributed by atoms with Crippen LogP contribution in [0.25, 0.3) is 11.3 Å². The molecule has 0 spiro atoms. The summed E-state index contributed by atoms with van der Waals surface area (Å²) in [6, 6.07) is 2.81. The van der Waals surface area contributed by atoms with Gasteiger partial charge in [-0.1, -0.05) is 11.6 Å². The van der Waals surface area contributed by atoms with E-state index in [4.69, 9.17) is 21.8 Å². The number of rotatable bonds is 1. The summed E-state index contributed by atoms with van der Waals surface area (Å²) in [4.78, 5) is 3.60. The molecule has 3 nitrogen and oxygen atoms in total. The molecule has 0 saturated carbocycles. The number of anilines is 1. The van der Waals surface area contributed by atoms with Crippen LogP contribution in [0.4, 0.5) is 19.2 Å². The van der Waals surface area contributed by atoms with Crippen LogP contribution < -0.4 is 5.73 Å². The Morgan fingerprint density at radius 3 is 2.53 bits per heavy atom. The van der Waals surface area contributed by atoms with Gasteiger partial charge in [0.1, 0.15) is 0 Å². The SMILES string of the molecule is Nc1ncc(-c2cc(C(F)(F)F)ccc2Cl)o1. The second kappa shape index (κ2) is 3.96. The third-order valence-electron chi connectivity index (χ3n) is 2.08. The predicted octanol–water partition coefficient (Wildman–Crippen LogP) is 3.60. The summed E-state index contributed by atoms with van der Waals surface area (Å²) in [6.07, 6.45) is -3.22. The molecule has 90 valence electrons. The van der Waals surface area contributed by atoms with Crippen LogP contribution in [0.1, 0.15) is 5.56 Å². The topological polar surface area (TPSA) is 52.0 Å². The average molecular weight is 263 g/mol. The number of hydrogen-bond donors (Lipinski definition) is 1. The molecule has 0 saturated heterocycles. The van der Waals surface area contributed by atoms with E-state index in [0.29, 0.717) is 0 Å². The highest BCUT2D eigenvalue weighted by atomic mass is 35.5. The smallest absolute Gasteiger partial charge is 0.416 e. The van der Waals surface area contributed by atoms with E-state index in [0.717, 1.165) is 18.2 Å². The zero-order valence-corrected chi connectivity index (χ0v) is 9.01. The van der Waals surface area contributed by atoms with Crippen LogP contribution in [-0.4, -0.2) is 4.98 Å². The summed E-state index contributed by atoms with van der Waals surface area (Å²) in [5, 5.41) is 0.133. The predicted molar refractivity (Wildman–Crippen MR) is 56.4 cm³/mol. The minimum Gasteiger partial charge on any atom is -0.424 e. The first-order valence-corrected chi connectivity index (χ1v) is 4.84. The molecule has 0 aliphatic carbocycles. The zero-order valence-electron chi connectivity index (χ0n) is 8.25. The van der Waals surface area contributed by atoms with Gasteiger partial charge in [0, 0.05) is 5.56 Å². The molecule has 0 fully saturated rings. The lowest BCUT2D eigenvalue weighted by Crippen LogP contribution is -2.04. The number of aromatic nitrogens is 1. The van der Waals surface area contributed by atoms with Gasteiger partial charge in [0.05, 0.1) is 16.8 Å². The molecule has 0 aliphatic heterocycles. The van der Waals surface area contributed by atoms with Gasteiger partial charge >= 0.3 is 6.18 Å². The van der Waals surface area contributed by atoms with E-state index in [1.54, 1.807) is 0 Å². The van der Waals surface area contributed by atoms with Gasteiger partial charge in [0.25, 0.3) is 6.01 Å². The van der Waals surface area contributed by atoms with Gasteiger partial charge in [-0.05, 0) is 18.2 Å². The van der Waals surface area contributed by atoms with Crippen molar-refractivity contribution in [3.8, 4) is 11.3 Å². The van der Waals surface area contributed by atoms with E-state index in [9.17, 15) is 13.2 Å². The highest BCUT2D eigenvalue weighted by Crippen LogP contribution is 2.36. The van der Waals surface area contributed by atoms with E-state index >= 15 is 0 Å². The highest BCUT2D eigenvalue weighted by Gasteiger charge is 2.31. The number of oxazole rings is 1. The Kier molecular flexibility index (Phi) is 2.74. The van der Waals surface area contributed by atoms with E-state index < -0.39 is 11.7 Å². The van der Waals surface area contributed by atoms with Crippen molar-refractivity contribution >= 4 is 17.6 Å². The largest absolute Gasteiger partial charge is 0.424 e. The first kappa shape index (κ1) is 11.8. The lowest BCUT2D eigenvalue weighted by Gasteiger charge is -2.08. The monoisotopic (exact) mass is 262 g/mol. The fourth-order valence-electron chi connectivity index (χ4n) is 1.30. The van der Waals surface area contributed by atoms with Crippen molar-refractivity contribution in [2.24, 2.45) is 0 Å². The molecule has 7 heteroatoms. The van der Waals surface area contributed by atoms with Gasteiger partial charge in [0.2, 0.25) is 0 Å². The Labute approximate surface area is 99.0 Å². The number of hydrogen-bond acceptors (Lipinski definition) is 3. The Morgan fingerprint density at radius 1 is 1.29 bits per heavy atom. The standard InChI is InChI=1S/C10H6ClF3N2O/c11-7-2-1-5(10(12,13)14)3-6(7)8-4-16-9(15)17-8/h1-4H,(H2,15,16). The molecular weight excluding hydrogens is 257 g/mol. The van der Waals surface area contributed by atoms with Gasteiger partial charge < -0.3 is 10.2 Å². The maximum Gasteiger partial charge on any atom is 0.416 e. The van der Waals surface area contributed by atoms with Gasteiger partial charge in [-0.3, -0.25) is 0 Å². The van der Waals surface area contributed by atoms with Crippen LogP contribution in [-0.2, 0) is 6.18 Å². The number of benzene rings is 1. The summed E-state index contributed by atoms with van der Waals surface area (Å²) in [7, 11) is 0. The highest BCUT2D eigenvalue weighted by molar-refractivity contribution is 6.33. The van der Waals surface area contributed by atoms with E-state index in [1.165, 1.54) is 6.20 Å². The zero-order chi connectivity index (χ0) is 12.6. The molecule has 1 aromatic heterocycles. The normalized spacial score (nSPS) is 11.8. The summed E-state index contributed by atoms with van der Waals surface area (Å²) >= 11 is 5.79. The Balaban J connectivity index is 2.54. The van der Waals surface area contributed by atoms with Crippen molar-refractivity contribution in [2.75, 3.05) is 5.73 Å². The lowest BCUT2D eigenvalue weighted by molar-refractivity contribution is -0.137. The number of alkyl halides is 3. The number of nitrogen functional groups attached to an aromatic ring is 1. The molecule has 2 N–H and O–H groups in total. The fourth-order valence-corrected chi connectivity index (χ4v) is 1.51. The lowest BCUT2D eigenvalue weighted by atomic mass is 10.1. The van der Waals surface area contributed by atoms with Crippen LogP contribution in [0.15, 0.2) is 28.8 Å². The molecule has 2 aromatic rings. The Hall–Kier alpha value is -1.69. The molecule has 2 rings (SSSR count). The maximum absolute atomic E-state index is 12.5. The van der Waals surface area contributed by atoms with Crippen molar-refractivity contribution in [1.29, 1.82) is 0 Å². The molecule has 0 radical (unpaired) electrons. The van der Waals surface area contributed by atoms with Crippen molar-refractivity contribution in [3.05, 3.63) is 35.0 Å². The minimum atomic E-state index is -4.44. The maximum atomic E-state index is 12.5. The first-order chi connectivity index (χ1) is 7.88. The number of nitrogens with zero attached hydrogens (tertiary/aromatic N) is 1. The van der Waals surface area contributed by atoms with Crippen LogP contribution in [0.2, 0.25) is 5.02 Å². The number of halogens is 4. The summed E-state index contributed by atoms with van der Waals surface area (Å²) in [5.41, 5.74) is 4.54. The van der Waals surface area contributed by atoms with Crippen molar-refractivity contribution < 1.29 is 17.6 Å².